The average molecular weight is 360 g/mol. The number of hydrogen-bond acceptors (Lipinski definition) is 6. The molecule has 1 aliphatic carbocycles. The van der Waals surface area contributed by atoms with Crippen molar-refractivity contribution in [3.05, 3.63) is 35.5 Å². The fraction of sp³-hybridized carbons (Fsp3) is 0.550. The van der Waals surface area contributed by atoms with Crippen molar-refractivity contribution in [2.45, 2.75) is 64.4 Å². The van der Waals surface area contributed by atoms with Gasteiger partial charge < -0.3 is 14.2 Å². The van der Waals surface area contributed by atoms with E-state index in [0.29, 0.717) is 12.0 Å². The molecule has 2 heterocycles. The van der Waals surface area contributed by atoms with E-state index in [9.17, 15) is 14.4 Å². The van der Waals surface area contributed by atoms with E-state index in [1.807, 2.05) is 19.1 Å². The van der Waals surface area contributed by atoms with Gasteiger partial charge in [-0.3, -0.25) is 4.79 Å². The summed E-state index contributed by atoms with van der Waals surface area (Å²) in [6.45, 7) is 10.8. The molecule has 0 bridgehead atoms. The summed E-state index contributed by atoms with van der Waals surface area (Å²) in [6.07, 6.45) is 2.98. The monoisotopic (exact) mass is 360 g/mol. The SMILES string of the molecule is C=C1C(=O)O[C@H]2/C=C(\C)CC/C=C(/C)C(=O)[C@H](OC(=O)[C@@]3(C)O[C@H]3C)[C@@H]12. The summed E-state index contributed by atoms with van der Waals surface area (Å²) in [4.78, 5) is 37.6. The van der Waals surface area contributed by atoms with Crippen molar-refractivity contribution in [1.29, 1.82) is 0 Å². The van der Waals surface area contributed by atoms with E-state index in [1.165, 1.54) is 0 Å². The van der Waals surface area contributed by atoms with Gasteiger partial charge in [0.15, 0.2) is 17.5 Å². The third kappa shape index (κ3) is 3.14. The molecule has 140 valence electrons. The smallest absolute Gasteiger partial charge is 0.341 e. The molecule has 0 unspecified atom stereocenters. The number of ketones is 1. The van der Waals surface area contributed by atoms with Crippen LogP contribution in [-0.2, 0) is 28.6 Å². The van der Waals surface area contributed by atoms with Crippen LogP contribution in [0.3, 0.4) is 0 Å². The van der Waals surface area contributed by atoms with Gasteiger partial charge >= 0.3 is 11.9 Å². The van der Waals surface area contributed by atoms with Gasteiger partial charge in [0.05, 0.1) is 12.0 Å². The Labute approximate surface area is 152 Å². The van der Waals surface area contributed by atoms with Gasteiger partial charge in [0.25, 0.3) is 0 Å². The molecule has 26 heavy (non-hydrogen) atoms. The molecule has 6 heteroatoms. The Morgan fingerprint density at radius 3 is 2.62 bits per heavy atom. The Hall–Kier alpha value is -2.21. The first-order valence-corrected chi connectivity index (χ1v) is 8.82. The number of ether oxygens (including phenoxy) is 3. The molecule has 2 aliphatic heterocycles. The fourth-order valence-electron chi connectivity index (χ4n) is 3.37. The average Bonchev–Trinajstić information content (AvgIpc) is 3.10. The quantitative estimate of drug-likeness (QED) is 0.326. The molecule has 3 aliphatic rings. The number of Topliss-reactive ketones (excluding diaryl/α,β-unsaturated/α-hetero) is 1. The lowest BCUT2D eigenvalue weighted by Crippen LogP contribution is -2.42. The van der Waals surface area contributed by atoms with Gasteiger partial charge in [-0.25, -0.2) is 9.59 Å². The van der Waals surface area contributed by atoms with E-state index >= 15 is 0 Å². The summed E-state index contributed by atoms with van der Waals surface area (Å²) in [5, 5.41) is 0. The number of epoxide rings is 1. The maximum Gasteiger partial charge on any atom is 0.341 e. The van der Waals surface area contributed by atoms with Crippen LogP contribution in [0, 0.1) is 5.92 Å². The third-order valence-corrected chi connectivity index (χ3v) is 5.45. The molecule has 2 saturated heterocycles. The first kappa shape index (κ1) is 18.6. The summed E-state index contributed by atoms with van der Waals surface area (Å²) in [5.74, 6) is -2.26. The van der Waals surface area contributed by atoms with Gasteiger partial charge in [-0.2, -0.15) is 0 Å². The Balaban J connectivity index is 1.98. The third-order valence-electron chi connectivity index (χ3n) is 5.45. The standard InChI is InChI=1S/C20H24O6/c1-10-7-6-8-11(2)16(21)17(25-19(23)20(5)13(4)26-20)15-12(3)18(22)24-14(15)9-10/h8-9,13-15,17H,3,6-7H2,1-2,4-5H3/b10-9+,11-8-/t13-,14-,15-,17+,20-/m0/s1. The van der Waals surface area contributed by atoms with Gasteiger partial charge in [-0.15, -0.1) is 0 Å². The summed E-state index contributed by atoms with van der Waals surface area (Å²) in [7, 11) is 0. The lowest BCUT2D eigenvalue weighted by atomic mass is 9.84. The summed E-state index contributed by atoms with van der Waals surface area (Å²) >= 11 is 0. The molecule has 6 nitrogen and oxygen atoms in total. The maximum atomic E-state index is 13.0. The largest absolute Gasteiger partial charge is 0.454 e. The molecule has 0 aromatic carbocycles. The highest BCUT2D eigenvalue weighted by Crippen LogP contribution is 2.40. The van der Waals surface area contributed by atoms with E-state index in [-0.39, 0.29) is 17.5 Å². The lowest BCUT2D eigenvalue weighted by molar-refractivity contribution is -0.162. The van der Waals surface area contributed by atoms with Crippen molar-refractivity contribution in [2.75, 3.05) is 0 Å². The minimum absolute atomic E-state index is 0.147. The first-order chi connectivity index (χ1) is 12.1. The molecule has 3 rings (SSSR count). The van der Waals surface area contributed by atoms with Crippen LogP contribution < -0.4 is 0 Å². The highest BCUT2D eigenvalue weighted by molar-refractivity contribution is 6.02. The second-order valence-corrected chi connectivity index (χ2v) is 7.42. The summed E-state index contributed by atoms with van der Waals surface area (Å²) < 4.78 is 16.3. The van der Waals surface area contributed by atoms with Crippen LogP contribution in [0.4, 0.5) is 0 Å². The van der Waals surface area contributed by atoms with Crippen LogP contribution in [0.2, 0.25) is 0 Å². The number of carbonyl (C=O) groups excluding carboxylic acids is 3. The molecule has 5 atom stereocenters. The Bertz CT molecular complexity index is 745. The molecular formula is C20H24O6. The number of rotatable bonds is 2. The van der Waals surface area contributed by atoms with Crippen LogP contribution in [-0.4, -0.2) is 41.6 Å². The van der Waals surface area contributed by atoms with E-state index in [4.69, 9.17) is 14.2 Å². The van der Waals surface area contributed by atoms with Crippen LogP contribution in [0.25, 0.3) is 0 Å². The Morgan fingerprint density at radius 2 is 2.00 bits per heavy atom. The number of fused-ring (bicyclic) bond motifs is 1. The molecule has 0 radical (unpaired) electrons. The number of esters is 2. The molecule has 0 aromatic rings. The minimum atomic E-state index is -1.17. The zero-order valence-electron chi connectivity index (χ0n) is 15.5. The van der Waals surface area contributed by atoms with Crippen LogP contribution in [0.1, 0.15) is 40.5 Å². The van der Waals surface area contributed by atoms with Gasteiger partial charge in [-0.1, -0.05) is 18.2 Å². The fourth-order valence-corrected chi connectivity index (χ4v) is 3.37. The van der Waals surface area contributed by atoms with Crippen molar-refractivity contribution in [3.8, 4) is 0 Å². The van der Waals surface area contributed by atoms with Gasteiger partial charge in [0.1, 0.15) is 6.10 Å². The molecule has 0 amide bonds. The number of carbonyl (C=O) groups is 3. The van der Waals surface area contributed by atoms with Crippen LogP contribution in [0.15, 0.2) is 35.5 Å². The topological polar surface area (TPSA) is 82.2 Å². The van der Waals surface area contributed by atoms with Gasteiger partial charge in [-0.05, 0) is 52.2 Å². The van der Waals surface area contributed by atoms with E-state index in [0.717, 1.165) is 12.0 Å². The molecular weight excluding hydrogens is 336 g/mol. The highest BCUT2D eigenvalue weighted by atomic mass is 16.7. The minimum Gasteiger partial charge on any atom is -0.454 e. The number of allylic oxidation sites excluding steroid dienone is 2. The molecule has 2 fully saturated rings. The molecule has 0 spiro atoms. The van der Waals surface area contributed by atoms with Gasteiger partial charge in [0, 0.05) is 5.57 Å². The predicted molar refractivity (Wildman–Crippen MR) is 93.1 cm³/mol. The predicted octanol–water partition coefficient (Wildman–Crippen LogP) is 2.43. The van der Waals surface area contributed by atoms with Crippen molar-refractivity contribution < 1.29 is 28.6 Å². The normalized spacial score (nSPS) is 41.3. The van der Waals surface area contributed by atoms with Crippen molar-refractivity contribution in [2.24, 2.45) is 5.92 Å². The van der Waals surface area contributed by atoms with Gasteiger partial charge in [0.2, 0.25) is 0 Å². The number of hydrogen-bond donors (Lipinski definition) is 0. The Kier molecular flexibility index (Phi) is 4.65. The van der Waals surface area contributed by atoms with Crippen molar-refractivity contribution in [1.82, 2.24) is 0 Å². The molecule has 0 N–H and O–H groups in total. The summed E-state index contributed by atoms with van der Waals surface area (Å²) in [5.41, 5.74) is 0.628. The Morgan fingerprint density at radius 1 is 1.35 bits per heavy atom. The zero-order chi connectivity index (χ0) is 19.2. The zero-order valence-corrected chi connectivity index (χ0v) is 15.5. The lowest BCUT2D eigenvalue weighted by Gasteiger charge is -2.26. The van der Waals surface area contributed by atoms with Crippen molar-refractivity contribution >= 4 is 17.7 Å². The molecule has 0 saturated carbocycles. The van der Waals surface area contributed by atoms with Crippen LogP contribution >= 0.6 is 0 Å². The second-order valence-electron chi connectivity index (χ2n) is 7.42. The van der Waals surface area contributed by atoms with E-state index in [1.54, 1.807) is 20.8 Å². The highest BCUT2D eigenvalue weighted by Gasteiger charge is 2.59. The second kappa shape index (κ2) is 6.50. The van der Waals surface area contributed by atoms with E-state index in [2.05, 4.69) is 6.58 Å². The van der Waals surface area contributed by atoms with E-state index < -0.39 is 35.7 Å². The maximum absolute atomic E-state index is 13.0. The van der Waals surface area contributed by atoms with Crippen LogP contribution in [0.5, 0.6) is 0 Å². The first-order valence-electron chi connectivity index (χ1n) is 8.82. The van der Waals surface area contributed by atoms with Crippen molar-refractivity contribution in [3.63, 3.8) is 0 Å². The molecule has 0 aromatic heterocycles. The summed E-state index contributed by atoms with van der Waals surface area (Å²) in [6, 6.07) is 0.